The maximum Gasteiger partial charge on any atom is 0.0701 e. The normalized spacial score (nSPS) is 15.2. The second-order valence-corrected chi connectivity index (χ2v) is 6.04. The van der Waals surface area contributed by atoms with E-state index in [1.165, 1.54) is 0 Å². The van der Waals surface area contributed by atoms with Gasteiger partial charge in [0, 0.05) is 18.5 Å². The van der Waals surface area contributed by atoms with Crippen LogP contribution >= 0.6 is 15.9 Å². The van der Waals surface area contributed by atoms with E-state index >= 15 is 0 Å². The Morgan fingerprint density at radius 1 is 0.882 bits per heavy atom. The van der Waals surface area contributed by atoms with Gasteiger partial charge in [0.05, 0.1) is 26.4 Å². The van der Waals surface area contributed by atoms with Crippen molar-refractivity contribution in [1.82, 2.24) is 0 Å². The minimum Gasteiger partial charge on any atom is -0.382 e. The van der Waals surface area contributed by atoms with Crippen molar-refractivity contribution in [3.63, 3.8) is 0 Å². The summed E-state index contributed by atoms with van der Waals surface area (Å²) in [5, 5.41) is 0. The zero-order chi connectivity index (χ0) is 13.1. The van der Waals surface area contributed by atoms with Crippen LogP contribution in [0.15, 0.2) is 0 Å². The van der Waals surface area contributed by atoms with E-state index in [0.29, 0.717) is 43.1 Å². The summed E-state index contributed by atoms with van der Waals surface area (Å²) < 4.78 is 15.8. The van der Waals surface area contributed by atoms with Crippen LogP contribution in [0.3, 0.4) is 0 Å². The molecule has 0 amide bonds. The number of alkyl halides is 1. The first-order chi connectivity index (χ1) is 8.09. The summed E-state index contributed by atoms with van der Waals surface area (Å²) in [6, 6.07) is 0. The van der Waals surface area contributed by atoms with Gasteiger partial charge in [0.15, 0.2) is 0 Å². The van der Waals surface area contributed by atoms with E-state index in [9.17, 15) is 0 Å². The average molecular weight is 311 g/mol. The summed E-state index contributed by atoms with van der Waals surface area (Å²) in [4.78, 5) is 0.545. The monoisotopic (exact) mass is 310 g/mol. The average Bonchev–Trinajstić information content (AvgIpc) is 2.26. The molecular formula is C13H27BrO3. The molecule has 0 heterocycles. The van der Waals surface area contributed by atoms with E-state index in [-0.39, 0.29) is 0 Å². The molecule has 0 aliphatic heterocycles. The van der Waals surface area contributed by atoms with Crippen LogP contribution < -0.4 is 0 Å². The fourth-order valence-electron chi connectivity index (χ4n) is 1.78. The predicted molar refractivity (Wildman–Crippen MR) is 74.8 cm³/mol. The number of ether oxygens (including phenoxy) is 3. The number of rotatable bonds is 11. The Bertz CT molecular complexity index is 155. The minimum atomic E-state index is 0.545. The van der Waals surface area contributed by atoms with Crippen LogP contribution in [0.1, 0.15) is 27.2 Å². The van der Waals surface area contributed by atoms with Crippen LogP contribution in [-0.4, -0.2) is 45.0 Å². The van der Waals surface area contributed by atoms with Crippen LogP contribution in [0, 0.1) is 11.8 Å². The summed E-state index contributed by atoms with van der Waals surface area (Å²) in [5.41, 5.74) is 0. The van der Waals surface area contributed by atoms with Gasteiger partial charge in [-0.15, -0.1) is 0 Å². The molecule has 0 radical (unpaired) electrons. The summed E-state index contributed by atoms with van der Waals surface area (Å²) in [6.07, 6.45) is 1.10. The molecule has 0 aliphatic carbocycles. The summed E-state index contributed by atoms with van der Waals surface area (Å²) in [6.45, 7) is 10.2. The lowest BCUT2D eigenvalue weighted by Gasteiger charge is -2.23. The van der Waals surface area contributed by atoms with Gasteiger partial charge in [0.25, 0.3) is 0 Å². The third kappa shape index (κ3) is 10.0. The van der Waals surface area contributed by atoms with Crippen molar-refractivity contribution in [2.24, 2.45) is 11.8 Å². The standard InChI is InChI=1S/C13H27BrO3/c1-11(2)13(12(3)14)5-6-16-9-10-17-8-7-15-4/h11-13H,5-10H2,1-4H3. The molecule has 0 aromatic rings. The van der Waals surface area contributed by atoms with Crippen LogP contribution in [0.2, 0.25) is 0 Å². The van der Waals surface area contributed by atoms with Gasteiger partial charge in [-0.05, 0) is 18.3 Å². The molecule has 0 rings (SSSR count). The Labute approximate surface area is 114 Å². The fourth-order valence-corrected chi connectivity index (χ4v) is 2.65. The number of hydrogen-bond donors (Lipinski definition) is 0. The first kappa shape index (κ1) is 17.4. The third-order valence-corrected chi connectivity index (χ3v) is 3.52. The van der Waals surface area contributed by atoms with Crippen molar-refractivity contribution in [1.29, 1.82) is 0 Å². The molecule has 0 fully saturated rings. The molecular weight excluding hydrogens is 284 g/mol. The SMILES string of the molecule is COCCOCCOCCC(C(C)C)C(C)Br. The van der Waals surface area contributed by atoms with Crippen molar-refractivity contribution >= 4 is 15.9 Å². The minimum absolute atomic E-state index is 0.545. The highest BCUT2D eigenvalue weighted by Gasteiger charge is 2.17. The topological polar surface area (TPSA) is 27.7 Å². The Morgan fingerprint density at radius 3 is 1.88 bits per heavy atom. The lowest BCUT2D eigenvalue weighted by molar-refractivity contribution is 0.0207. The molecule has 17 heavy (non-hydrogen) atoms. The number of hydrogen-bond acceptors (Lipinski definition) is 3. The molecule has 0 aromatic carbocycles. The van der Waals surface area contributed by atoms with Crippen LogP contribution in [0.4, 0.5) is 0 Å². The lowest BCUT2D eigenvalue weighted by atomic mass is 9.90. The molecule has 0 aromatic heterocycles. The number of methoxy groups -OCH3 is 1. The van der Waals surface area contributed by atoms with Crippen LogP contribution in [0.25, 0.3) is 0 Å². The van der Waals surface area contributed by atoms with Crippen molar-refractivity contribution in [2.75, 3.05) is 40.1 Å². The van der Waals surface area contributed by atoms with Gasteiger partial charge in [0.2, 0.25) is 0 Å². The summed E-state index contributed by atoms with van der Waals surface area (Å²) in [7, 11) is 1.67. The van der Waals surface area contributed by atoms with E-state index in [2.05, 4.69) is 36.7 Å². The summed E-state index contributed by atoms with van der Waals surface area (Å²) >= 11 is 3.66. The van der Waals surface area contributed by atoms with Crippen molar-refractivity contribution in [2.45, 2.75) is 32.0 Å². The lowest BCUT2D eigenvalue weighted by Crippen LogP contribution is -2.20. The molecule has 0 aliphatic rings. The van der Waals surface area contributed by atoms with Gasteiger partial charge in [-0.1, -0.05) is 36.7 Å². The summed E-state index contributed by atoms with van der Waals surface area (Å²) in [5.74, 6) is 1.36. The highest BCUT2D eigenvalue weighted by molar-refractivity contribution is 9.09. The van der Waals surface area contributed by atoms with Gasteiger partial charge < -0.3 is 14.2 Å². The molecule has 0 saturated carbocycles. The van der Waals surface area contributed by atoms with Gasteiger partial charge in [-0.3, -0.25) is 0 Å². The van der Waals surface area contributed by atoms with E-state index in [1.54, 1.807) is 7.11 Å². The second kappa shape index (κ2) is 11.5. The van der Waals surface area contributed by atoms with Crippen molar-refractivity contribution in [3.8, 4) is 0 Å². The quantitative estimate of drug-likeness (QED) is 0.433. The molecule has 2 atom stereocenters. The van der Waals surface area contributed by atoms with Gasteiger partial charge in [-0.2, -0.15) is 0 Å². The molecule has 0 saturated heterocycles. The third-order valence-electron chi connectivity index (χ3n) is 2.85. The maximum atomic E-state index is 5.56. The van der Waals surface area contributed by atoms with Crippen molar-refractivity contribution in [3.05, 3.63) is 0 Å². The zero-order valence-corrected chi connectivity index (χ0v) is 13.2. The molecule has 0 N–H and O–H groups in total. The van der Waals surface area contributed by atoms with Gasteiger partial charge >= 0.3 is 0 Å². The number of halogens is 1. The van der Waals surface area contributed by atoms with Gasteiger partial charge in [-0.25, -0.2) is 0 Å². The molecule has 0 bridgehead atoms. The molecule has 3 nitrogen and oxygen atoms in total. The Morgan fingerprint density at radius 2 is 1.41 bits per heavy atom. The van der Waals surface area contributed by atoms with Crippen molar-refractivity contribution < 1.29 is 14.2 Å². The first-order valence-corrected chi connectivity index (χ1v) is 7.29. The molecule has 0 spiro atoms. The smallest absolute Gasteiger partial charge is 0.0701 e. The molecule has 104 valence electrons. The Balaban J connectivity index is 3.37. The van der Waals surface area contributed by atoms with Crippen LogP contribution in [0.5, 0.6) is 0 Å². The highest BCUT2D eigenvalue weighted by atomic mass is 79.9. The van der Waals surface area contributed by atoms with E-state index in [1.807, 2.05) is 0 Å². The van der Waals surface area contributed by atoms with E-state index in [4.69, 9.17) is 14.2 Å². The Kier molecular flexibility index (Phi) is 11.7. The zero-order valence-electron chi connectivity index (χ0n) is 11.6. The highest BCUT2D eigenvalue weighted by Crippen LogP contribution is 2.24. The largest absolute Gasteiger partial charge is 0.382 e. The molecule has 2 unspecified atom stereocenters. The predicted octanol–water partition coefficient (Wildman–Crippen LogP) is 3.11. The van der Waals surface area contributed by atoms with Gasteiger partial charge in [0.1, 0.15) is 0 Å². The van der Waals surface area contributed by atoms with Crippen LogP contribution in [-0.2, 0) is 14.2 Å². The second-order valence-electron chi connectivity index (χ2n) is 4.59. The Hall–Kier alpha value is 0.360. The van der Waals surface area contributed by atoms with E-state index in [0.717, 1.165) is 13.0 Å². The first-order valence-electron chi connectivity index (χ1n) is 6.38. The maximum absolute atomic E-state index is 5.56. The van der Waals surface area contributed by atoms with E-state index < -0.39 is 0 Å². The fraction of sp³-hybridized carbons (Fsp3) is 1.00. The molecule has 4 heteroatoms.